The lowest BCUT2D eigenvalue weighted by Crippen LogP contribution is -2.21. The third-order valence-electron chi connectivity index (χ3n) is 2.43. The quantitative estimate of drug-likeness (QED) is 0.757. The molecule has 1 heterocycles. The number of nitrogens with two attached hydrogens (primary N) is 1. The van der Waals surface area contributed by atoms with Gasteiger partial charge in [0.15, 0.2) is 5.82 Å². The van der Waals surface area contributed by atoms with Gasteiger partial charge in [0.1, 0.15) is 17.2 Å². The molecule has 0 spiro atoms. The minimum Gasteiger partial charge on any atom is -0.382 e. The second-order valence-corrected chi connectivity index (χ2v) is 3.93. The molecular weight excluding hydrogens is 212 g/mol. The summed E-state index contributed by atoms with van der Waals surface area (Å²) in [7, 11) is 0. The molecule has 5 heteroatoms. The smallest absolute Gasteiger partial charge is 0.150 e. The van der Waals surface area contributed by atoms with Crippen LogP contribution in [0.3, 0.4) is 0 Å². The normalized spacial score (nSPS) is 20.2. The maximum atomic E-state index is 5.98. The van der Waals surface area contributed by atoms with Gasteiger partial charge >= 0.3 is 0 Å². The summed E-state index contributed by atoms with van der Waals surface area (Å²) in [6.45, 7) is 0. The summed E-state index contributed by atoms with van der Waals surface area (Å²) in [6.07, 6.45) is 8.96. The first-order valence-electron chi connectivity index (χ1n) is 4.95. The number of anilines is 2. The van der Waals surface area contributed by atoms with Crippen LogP contribution in [0.5, 0.6) is 0 Å². The first kappa shape index (κ1) is 10.2. The standard InChI is InChI=1S/C10H13ClN4/c11-8-9(12)13-6-14-10(8)15-7-4-2-1-3-5-7/h1-2,6-7H,3-5H2,(H3,12,13,14,15). The number of allylic oxidation sites excluding steroid dienone is 1. The molecule has 0 radical (unpaired) electrons. The van der Waals surface area contributed by atoms with Crippen molar-refractivity contribution in [2.45, 2.75) is 25.3 Å². The third kappa shape index (κ3) is 2.39. The van der Waals surface area contributed by atoms with E-state index in [9.17, 15) is 0 Å². The molecule has 1 atom stereocenters. The van der Waals surface area contributed by atoms with Crippen LogP contribution in [0.15, 0.2) is 18.5 Å². The number of nitrogens with zero attached hydrogens (tertiary/aromatic N) is 2. The molecule has 1 aliphatic carbocycles. The van der Waals surface area contributed by atoms with Crippen molar-refractivity contribution in [3.8, 4) is 0 Å². The van der Waals surface area contributed by atoms with Crippen molar-refractivity contribution in [1.82, 2.24) is 9.97 Å². The maximum Gasteiger partial charge on any atom is 0.150 e. The van der Waals surface area contributed by atoms with E-state index in [-0.39, 0.29) is 0 Å². The minimum absolute atomic E-state index is 0.320. The number of aromatic nitrogens is 2. The van der Waals surface area contributed by atoms with E-state index < -0.39 is 0 Å². The van der Waals surface area contributed by atoms with E-state index in [1.54, 1.807) is 0 Å². The molecule has 4 nitrogen and oxygen atoms in total. The summed E-state index contributed by atoms with van der Waals surface area (Å²) in [5.41, 5.74) is 5.59. The molecule has 1 unspecified atom stereocenters. The van der Waals surface area contributed by atoms with E-state index in [0.717, 1.165) is 19.3 Å². The van der Waals surface area contributed by atoms with Crippen molar-refractivity contribution < 1.29 is 0 Å². The molecule has 0 amide bonds. The topological polar surface area (TPSA) is 63.8 Å². The van der Waals surface area contributed by atoms with Crippen molar-refractivity contribution >= 4 is 23.2 Å². The monoisotopic (exact) mass is 224 g/mol. The van der Waals surface area contributed by atoms with Crippen LogP contribution in [0.25, 0.3) is 0 Å². The van der Waals surface area contributed by atoms with Gasteiger partial charge in [0.05, 0.1) is 0 Å². The van der Waals surface area contributed by atoms with Crippen LogP contribution in [0, 0.1) is 0 Å². The van der Waals surface area contributed by atoms with Gasteiger partial charge in [0, 0.05) is 6.04 Å². The van der Waals surface area contributed by atoms with Crippen LogP contribution < -0.4 is 11.1 Å². The predicted octanol–water partition coefficient (Wildman–Crippen LogP) is 2.23. The van der Waals surface area contributed by atoms with Gasteiger partial charge in [-0.2, -0.15) is 0 Å². The first-order chi connectivity index (χ1) is 7.27. The number of hydrogen-bond donors (Lipinski definition) is 2. The molecule has 0 bridgehead atoms. The van der Waals surface area contributed by atoms with E-state index in [4.69, 9.17) is 17.3 Å². The Morgan fingerprint density at radius 3 is 3.00 bits per heavy atom. The number of halogens is 1. The largest absolute Gasteiger partial charge is 0.382 e. The van der Waals surface area contributed by atoms with Crippen molar-refractivity contribution in [3.63, 3.8) is 0 Å². The number of rotatable bonds is 2. The van der Waals surface area contributed by atoms with E-state index in [1.165, 1.54) is 6.33 Å². The molecule has 2 rings (SSSR count). The summed E-state index contributed by atoms with van der Waals surface area (Å²) >= 11 is 5.98. The highest BCUT2D eigenvalue weighted by Crippen LogP contribution is 2.25. The Hall–Kier alpha value is -1.29. The molecule has 0 saturated heterocycles. The second kappa shape index (κ2) is 4.49. The van der Waals surface area contributed by atoms with Gasteiger partial charge in [-0.15, -0.1) is 0 Å². The number of nitrogens with one attached hydrogen (secondary N) is 1. The zero-order valence-corrected chi connectivity index (χ0v) is 9.04. The first-order valence-corrected chi connectivity index (χ1v) is 5.32. The van der Waals surface area contributed by atoms with Crippen molar-refractivity contribution in [2.24, 2.45) is 0 Å². The van der Waals surface area contributed by atoms with Gasteiger partial charge in [-0.25, -0.2) is 9.97 Å². The van der Waals surface area contributed by atoms with Gasteiger partial charge in [-0.05, 0) is 19.3 Å². The highest BCUT2D eigenvalue weighted by Gasteiger charge is 2.13. The Morgan fingerprint density at radius 2 is 2.27 bits per heavy atom. The Bertz CT molecular complexity index is 378. The van der Waals surface area contributed by atoms with Gasteiger partial charge in [-0.3, -0.25) is 0 Å². The Kier molecular flexibility index (Phi) is 3.06. The van der Waals surface area contributed by atoms with Crippen molar-refractivity contribution in [2.75, 3.05) is 11.1 Å². The fourth-order valence-corrected chi connectivity index (χ4v) is 1.75. The summed E-state index contributed by atoms with van der Waals surface area (Å²) in [5.74, 6) is 0.949. The molecule has 0 aliphatic heterocycles. The van der Waals surface area contributed by atoms with Gasteiger partial charge < -0.3 is 11.1 Å². The zero-order valence-electron chi connectivity index (χ0n) is 8.28. The predicted molar refractivity (Wildman–Crippen MR) is 61.9 cm³/mol. The van der Waals surface area contributed by atoms with Crippen molar-refractivity contribution in [3.05, 3.63) is 23.5 Å². The molecule has 1 aromatic rings. The molecule has 3 N–H and O–H groups in total. The second-order valence-electron chi connectivity index (χ2n) is 3.55. The lowest BCUT2D eigenvalue weighted by molar-refractivity contribution is 0.642. The SMILES string of the molecule is Nc1ncnc(NC2CC=CCC2)c1Cl. The molecule has 15 heavy (non-hydrogen) atoms. The van der Waals surface area contributed by atoms with E-state index in [2.05, 4.69) is 27.4 Å². The third-order valence-corrected chi connectivity index (χ3v) is 2.80. The van der Waals surface area contributed by atoms with Crippen LogP contribution >= 0.6 is 11.6 Å². The molecule has 1 aliphatic rings. The molecule has 0 aromatic carbocycles. The summed E-state index contributed by atoms with van der Waals surface area (Å²) in [6, 6.07) is 0.391. The van der Waals surface area contributed by atoms with Gasteiger partial charge in [0.25, 0.3) is 0 Å². The lowest BCUT2D eigenvalue weighted by Gasteiger charge is -2.20. The molecule has 0 saturated carbocycles. The highest BCUT2D eigenvalue weighted by atomic mass is 35.5. The van der Waals surface area contributed by atoms with Crippen molar-refractivity contribution in [1.29, 1.82) is 0 Å². The van der Waals surface area contributed by atoms with Gasteiger partial charge in [0.2, 0.25) is 0 Å². The summed E-state index contributed by atoms with van der Waals surface area (Å²) in [5, 5.41) is 3.68. The van der Waals surface area contributed by atoms with E-state index in [0.29, 0.717) is 22.7 Å². The number of hydrogen-bond acceptors (Lipinski definition) is 4. The van der Waals surface area contributed by atoms with E-state index in [1.807, 2.05) is 0 Å². The Balaban J connectivity index is 2.10. The van der Waals surface area contributed by atoms with Crippen LogP contribution in [-0.2, 0) is 0 Å². The molecule has 0 fully saturated rings. The molecule has 1 aromatic heterocycles. The van der Waals surface area contributed by atoms with Crippen LogP contribution in [0.1, 0.15) is 19.3 Å². The summed E-state index contributed by atoms with van der Waals surface area (Å²) < 4.78 is 0. The zero-order chi connectivity index (χ0) is 10.7. The van der Waals surface area contributed by atoms with E-state index >= 15 is 0 Å². The fraction of sp³-hybridized carbons (Fsp3) is 0.400. The Morgan fingerprint density at radius 1 is 1.40 bits per heavy atom. The maximum absolute atomic E-state index is 5.98. The highest BCUT2D eigenvalue weighted by molar-refractivity contribution is 6.35. The average Bonchev–Trinajstić information content (AvgIpc) is 2.26. The fourth-order valence-electron chi connectivity index (χ4n) is 1.60. The Labute approximate surface area is 93.6 Å². The van der Waals surface area contributed by atoms with Crippen LogP contribution in [0.2, 0.25) is 5.02 Å². The molecular formula is C10H13ClN4. The minimum atomic E-state index is 0.320. The van der Waals surface area contributed by atoms with Gasteiger partial charge in [-0.1, -0.05) is 23.8 Å². The average molecular weight is 225 g/mol. The lowest BCUT2D eigenvalue weighted by atomic mass is 10.0. The van der Waals surface area contributed by atoms with Crippen LogP contribution in [0.4, 0.5) is 11.6 Å². The summed E-state index contributed by atoms with van der Waals surface area (Å²) in [4.78, 5) is 7.89. The van der Waals surface area contributed by atoms with Crippen LogP contribution in [-0.4, -0.2) is 16.0 Å². The number of nitrogen functional groups attached to an aromatic ring is 1. The molecule has 80 valence electrons.